The van der Waals surface area contributed by atoms with Crippen LogP contribution >= 0.6 is 0 Å². The highest BCUT2D eigenvalue weighted by Gasteiger charge is 2.40. The molecular weight excluding hydrogens is 288 g/mol. The normalized spacial score (nSPS) is 25.5. The van der Waals surface area contributed by atoms with Crippen molar-refractivity contribution in [1.82, 2.24) is 19.6 Å². The Balaban J connectivity index is 1.85. The van der Waals surface area contributed by atoms with E-state index in [0.717, 1.165) is 49.4 Å². The van der Waals surface area contributed by atoms with E-state index in [1.807, 2.05) is 18.5 Å². The summed E-state index contributed by atoms with van der Waals surface area (Å²) in [5.41, 5.74) is 2.72. The molecule has 1 amide bonds. The van der Waals surface area contributed by atoms with Crippen molar-refractivity contribution in [2.24, 2.45) is 0 Å². The SMILES string of the molecule is CCN1CCC[C@H]1[C@H]1CCCN1C(=O)c1c(C)nn(CC)c1C. The molecule has 0 unspecified atom stereocenters. The van der Waals surface area contributed by atoms with E-state index in [4.69, 9.17) is 0 Å². The maximum absolute atomic E-state index is 13.2. The fourth-order valence-corrected chi connectivity index (χ4v) is 4.58. The van der Waals surface area contributed by atoms with E-state index in [2.05, 4.69) is 28.7 Å². The molecule has 3 heterocycles. The number of carbonyl (C=O) groups excluding carboxylic acids is 1. The van der Waals surface area contributed by atoms with Crippen LogP contribution in [0.2, 0.25) is 0 Å². The van der Waals surface area contributed by atoms with Crippen molar-refractivity contribution in [1.29, 1.82) is 0 Å². The summed E-state index contributed by atoms with van der Waals surface area (Å²) in [5.74, 6) is 0.199. The zero-order valence-electron chi connectivity index (χ0n) is 15.0. The summed E-state index contributed by atoms with van der Waals surface area (Å²) < 4.78 is 1.95. The second-order valence-electron chi connectivity index (χ2n) is 6.91. The first-order chi connectivity index (χ1) is 11.1. The average Bonchev–Trinajstić information content (AvgIpc) is 3.24. The molecule has 1 aromatic heterocycles. The van der Waals surface area contributed by atoms with Crippen molar-refractivity contribution in [3.63, 3.8) is 0 Å². The lowest BCUT2D eigenvalue weighted by Crippen LogP contribution is -2.48. The van der Waals surface area contributed by atoms with E-state index in [0.29, 0.717) is 12.1 Å². The number of hydrogen-bond acceptors (Lipinski definition) is 3. The van der Waals surface area contributed by atoms with E-state index in [9.17, 15) is 4.79 Å². The minimum atomic E-state index is 0.199. The van der Waals surface area contributed by atoms with Crippen molar-refractivity contribution in [2.75, 3.05) is 19.6 Å². The van der Waals surface area contributed by atoms with Gasteiger partial charge >= 0.3 is 0 Å². The molecule has 0 spiro atoms. The highest BCUT2D eigenvalue weighted by Crippen LogP contribution is 2.31. The number of likely N-dealkylation sites (N-methyl/N-ethyl adjacent to an activating group) is 1. The van der Waals surface area contributed by atoms with Crippen molar-refractivity contribution >= 4 is 5.91 Å². The predicted molar refractivity (Wildman–Crippen MR) is 91.7 cm³/mol. The summed E-state index contributed by atoms with van der Waals surface area (Å²) >= 11 is 0. The largest absolute Gasteiger partial charge is 0.334 e. The molecule has 0 bridgehead atoms. The van der Waals surface area contributed by atoms with Crippen LogP contribution in [-0.2, 0) is 6.54 Å². The monoisotopic (exact) mass is 318 g/mol. The molecule has 0 saturated carbocycles. The molecule has 0 aliphatic carbocycles. The number of aromatic nitrogens is 2. The number of carbonyl (C=O) groups is 1. The van der Waals surface area contributed by atoms with Gasteiger partial charge in [0.05, 0.1) is 11.3 Å². The highest BCUT2D eigenvalue weighted by atomic mass is 16.2. The van der Waals surface area contributed by atoms with Crippen LogP contribution in [0.15, 0.2) is 0 Å². The van der Waals surface area contributed by atoms with Gasteiger partial charge in [0.1, 0.15) is 0 Å². The van der Waals surface area contributed by atoms with Crippen LogP contribution in [0.5, 0.6) is 0 Å². The summed E-state index contributed by atoms with van der Waals surface area (Å²) in [7, 11) is 0. The van der Waals surface area contributed by atoms with Crippen LogP contribution in [-0.4, -0.2) is 57.2 Å². The molecule has 2 saturated heterocycles. The van der Waals surface area contributed by atoms with E-state index in [1.54, 1.807) is 0 Å². The predicted octanol–water partition coefficient (Wildman–Crippen LogP) is 2.61. The first kappa shape index (κ1) is 16.5. The Kier molecular flexibility index (Phi) is 4.76. The van der Waals surface area contributed by atoms with Gasteiger partial charge in [0, 0.05) is 30.9 Å². The Morgan fingerprint density at radius 1 is 1.09 bits per heavy atom. The molecule has 23 heavy (non-hydrogen) atoms. The van der Waals surface area contributed by atoms with Crippen LogP contribution in [0, 0.1) is 13.8 Å². The molecule has 0 N–H and O–H groups in total. The number of rotatable bonds is 4. The molecular formula is C18H30N4O. The molecule has 0 aromatic carbocycles. The number of amides is 1. The van der Waals surface area contributed by atoms with Gasteiger partial charge in [-0.3, -0.25) is 14.4 Å². The summed E-state index contributed by atoms with van der Waals surface area (Å²) in [4.78, 5) is 17.9. The topological polar surface area (TPSA) is 41.4 Å². The van der Waals surface area contributed by atoms with Gasteiger partial charge in [-0.05, 0) is 59.5 Å². The number of nitrogens with zero attached hydrogens (tertiary/aromatic N) is 4. The quantitative estimate of drug-likeness (QED) is 0.857. The second kappa shape index (κ2) is 6.63. The summed E-state index contributed by atoms with van der Waals surface area (Å²) in [6.45, 7) is 12.3. The fourth-order valence-electron chi connectivity index (χ4n) is 4.58. The molecule has 0 radical (unpaired) electrons. The third-order valence-corrected chi connectivity index (χ3v) is 5.72. The van der Waals surface area contributed by atoms with Gasteiger partial charge < -0.3 is 4.90 Å². The van der Waals surface area contributed by atoms with E-state index in [1.165, 1.54) is 19.4 Å². The maximum atomic E-state index is 13.2. The van der Waals surface area contributed by atoms with Crippen molar-refractivity contribution in [3.05, 3.63) is 17.0 Å². The number of aryl methyl sites for hydroxylation is 2. The van der Waals surface area contributed by atoms with Gasteiger partial charge in [-0.1, -0.05) is 6.92 Å². The molecule has 5 heteroatoms. The standard InChI is InChI=1S/C18H30N4O/c1-5-20-11-7-9-15(20)16-10-8-12-21(16)18(23)17-13(3)19-22(6-2)14(17)4/h15-16H,5-12H2,1-4H3/t15-,16+/m0/s1. The van der Waals surface area contributed by atoms with Gasteiger partial charge in [0.2, 0.25) is 0 Å². The Labute approximate surface area is 139 Å². The van der Waals surface area contributed by atoms with Gasteiger partial charge in [-0.15, -0.1) is 0 Å². The minimum absolute atomic E-state index is 0.199. The molecule has 2 aliphatic heterocycles. The summed E-state index contributed by atoms with van der Waals surface area (Å²) in [5, 5.41) is 4.53. The van der Waals surface area contributed by atoms with Crippen LogP contribution in [0.4, 0.5) is 0 Å². The zero-order valence-corrected chi connectivity index (χ0v) is 15.0. The molecule has 2 aliphatic rings. The number of hydrogen-bond donors (Lipinski definition) is 0. The fraction of sp³-hybridized carbons (Fsp3) is 0.778. The van der Waals surface area contributed by atoms with E-state index < -0.39 is 0 Å². The van der Waals surface area contributed by atoms with Crippen LogP contribution < -0.4 is 0 Å². The summed E-state index contributed by atoms with van der Waals surface area (Å²) in [6.07, 6.45) is 4.77. The Bertz CT molecular complexity index is 580. The van der Waals surface area contributed by atoms with E-state index >= 15 is 0 Å². The van der Waals surface area contributed by atoms with Gasteiger partial charge in [-0.2, -0.15) is 5.10 Å². The van der Waals surface area contributed by atoms with Gasteiger partial charge in [0.15, 0.2) is 0 Å². The third-order valence-electron chi connectivity index (χ3n) is 5.72. The zero-order chi connectivity index (χ0) is 16.6. The molecule has 2 fully saturated rings. The maximum Gasteiger partial charge on any atom is 0.257 e. The lowest BCUT2D eigenvalue weighted by atomic mass is 10.0. The van der Waals surface area contributed by atoms with Crippen molar-refractivity contribution in [3.8, 4) is 0 Å². The lowest BCUT2D eigenvalue weighted by Gasteiger charge is -2.34. The minimum Gasteiger partial charge on any atom is -0.334 e. The van der Waals surface area contributed by atoms with Gasteiger partial charge in [0.25, 0.3) is 5.91 Å². The Hall–Kier alpha value is -1.36. The Morgan fingerprint density at radius 2 is 1.78 bits per heavy atom. The van der Waals surface area contributed by atoms with Crippen LogP contribution in [0.3, 0.4) is 0 Å². The lowest BCUT2D eigenvalue weighted by molar-refractivity contribution is 0.0648. The van der Waals surface area contributed by atoms with Crippen molar-refractivity contribution < 1.29 is 4.79 Å². The smallest absolute Gasteiger partial charge is 0.257 e. The van der Waals surface area contributed by atoms with Crippen LogP contribution in [0.1, 0.15) is 61.3 Å². The molecule has 5 nitrogen and oxygen atoms in total. The molecule has 1 aromatic rings. The highest BCUT2D eigenvalue weighted by molar-refractivity contribution is 5.96. The van der Waals surface area contributed by atoms with Crippen LogP contribution in [0.25, 0.3) is 0 Å². The van der Waals surface area contributed by atoms with Crippen molar-refractivity contribution in [2.45, 2.75) is 72.0 Å². The van der Waals surface area contributed by atoms with Gasteiger partial charge in [-0.25, -0.2) is 0 Å². The third kappa shape index (κ3) is 2.80. The molecule has 2 atom stereocenters. The Morgan fingerprint density at radius 3 is 2.43 bits per heavy atom. The number of likely N-dealkylation sites (tertiary alicyclic amines) is 2. The molecule has 3 rings (SSSR count). The molecule has 128 valence electrons. The summed E-state index contributed by atoms with van der Waals surface area (Å²) in [6, 6.07) is 0.932. The van der Waals surface area contributed by atoms with E-state index in [-0.39, 0.29) is 5.91 Å². The first-order valence-corrected chi connectivity index (χ1v) is 9.17. The second-order valence-corrected chi connectivity index (χ2v) is 6.91. The average molecular weight is 318 g/mol. The first-order valence-electron chi connectivity index (χ1n) is 9.17.